The molecule has 0 aliphatic carbocycles. The molecule has 0 spiro atoms. The lowest BCUT2D eigenvalue weighted by atomic mass is 9.96. The number of piperidine rings is 1. The summed E-state index contributed by atoms with van der Waals surface area (Å²) >= 11 is 0. The van der Waals surface area contributed by atoms with E-state index in [1.54, 1.807) is 7.11 Å². The monoisotopic (exact) mass is 388 g/mol. The van der Waals surface area contributed by atoms with Crippen LogP contribution in [0.4, 0.5) is 0 Å². The first-order chi connectivity index (χ1) is 12.2. The number of carbonyl (C=O) groups is 2. The Balaban J connectivity index is 1.96. The van der Waals surface area contributed by atoms with Gasteiger partial charge in [0.25, 0.3) is 10.0 Å². The van der Waals surface area contributed by atoms with Crippen molar-refractivity contribution >= 4 is 21.9 Å². The van der Waals surface area contributed by atoms with Crippen molar-refractivity contribution in [3.63, 3.8) is 0 Å². The second-order valence-electron chi connectivity index (χ2n) is 6.34. The van der Waals surface area contributed by atoms with Crippen LogP contribution in [0.2, 0.25) is 0 Å². The van der Waals surface area contributed by atoms with Gasteiger partial charge in [-0.3, -0.25) is 4.79 Å². The lowest BCUT2D eigenvalue weighted by Gasteiger charge is -2.31. The summed E-state index contributed by atoms with van der Waals surface area (Å²) < 4.78 is 36.3. The number of hydrogen-bond donors (Lipinski definition) is 2. The predicted octanol–water partition coefficient (Wildman–Crippen LogP) is 0.918. The van der Waals surface area contributed by atoms with Crippen molar-refractivity contribution < 1.29 is 32.3 Å². The van der Waals surface area contributed by atoms with E-state index in [1.165, 1.54) is 4.31 Å². The Hall–Kier alpha value is -1.91. The van der Waals surface area contributed by atoms with Gasteiger partial charge in [0.05, 0.1) is 12.1 Å². The van der Waals surface area contributed by atoms with Crippen LogP contribution in [0.5, 0.6) is 0 Å². The highest BCUT2D eigenvalue weighted by atomic mass is 32.2. The highest BCUT2D eigenvalue weighted by Gasteiger charge is 2.34. The third-order valence-corrected chi connectivity index (χ3v) is 6.43. The molecule has 1 amide bonds. The number of sulfonamides is 1. The SMILES string of the molecule is COC(C)[C@H](C)NC(=O)C1CCN(S(=O)(=O)c2ccc(C(=O)O)o2)CC1. The number of nitrogens with one attached hydrogen (secondary N) is 1. The Kier molecular flexibility index (Phi) is 6.43. The van der Waals surface area contributed by atoms with Gasteiger partial charge in [0.1, 0.15) is 0 Å². The second kappa shape index (κ2) is 8.19. The lowest BCUT2D eigenvalue weighted by Crippen LogP contribution is -2.47. The van der Waals surface area contributed by atoms with E-state index in [0.717, 1.165) is 12.1 Å². The van der Waals surface area contributed by atoms with Crippen LogP contribution in [0.25, 0.3) is 0 Å². The number of methoxy groups -OCH3 is 1. The minimum atomic E-state index is -3.91. The van der Waals surface area contributed by atoms with E-state index in [0.29, 0.717) is 12.8 Å². The van der Waals surface area contributed by atoms with Crippen LogP contribution in [0, 0.1) is 5.92 Å². The van der Waals surface area contributed by atoms with E-state index in [4.69, 9.17) is 14.3 Å². The number of furan rings is 1. The molecular formula is C16H24N2O7S. The second-order valence-corrected chi connectivity index (χ2v) is 8.21. The van der Waals surface area contributed by atoms with Gasteiger partial charge in [0, 0.05) is 26.1 Å². The van der Waals surface area contributed by atoms with E-state index in [1.807, 2.05) is 13.8 Å². The number of hydrogen-bond acceptors (Lipinski definition) is 6. The Morgan fingerprint density at radius 2 is 1.92 bits per heavy atom. The minimum absolute atomic E-state index is 0.121. The van der Waals surface area contributed by atoms with Gasteiger partial charge in [-0.05, 0) is 38.8 Å². The Bertz CT molecular complexity index is 750. The van der Waals surface area contributed by atoms with Gasteiger partial charge in [-0.15, -0.1) is 0 Å². The summed E-state index contributed by atoms with van der Waals surface area (Å²) in [5.41, 5.74) is 0. The van der Waals surface area contributed by atoms with Crippen molar-refractivity contribution in [2.75, 3.05) is 20.2 Å². The number of carboxylic acids is 1. The molecule has 9 nitrogen and oxygen atoms in total. The molecular weight excluding hydrogens is 364 g/mol. The number of amides is 1. The molecule has 2 heterocycles. The normalized spacial score (nSPS) is 19.0. The zero-order valence-corrected chi connectivity index (χ0v) is 15.8. The number of rotatable bonds is 7. The fourth-order valence-corrected chi connectivity index (χ4v) is 4.10. The van der Waals surface area contributed by atoms with Crippen LogP contribution in [0.15, 0.2) is 21.6 Å². The summed E-state index contributed by atoms with van der Waals surface area (Å²) in [7, 11) is -2.34. The zero-order chi connectivity index (χ0) is 19.5. The van der Waals surface area contributed by atoms with Crippen molar-refractivity contribution in [1.29, 1.82) is 0 Å². The number of ether oxygens (including phenoxy) is 1. The minimum Gasteiger partial charge on any atom is -0.475 e. The van der Waals surface area contributed by atoms with Crippen LogP contribution in [-0.4, -0.2) is 62.1 Å². The van der Waals surface area contributed by atoms with Gasteiger partial charge in [-0.1, -0.05) is 0 Å². The number of nitrogens with zero attached hydrogens (tertiary/aromatic N) is 1. The molecule has 1 aliphatic rings. The fraction of sp³-hybridized carbons (Fsp3) is 0.625. The molecule has 2 rings (SSSR count). The summed E-state index contributed by atoms with van der Waals surface area (Å²) in [6.45, 7) is 4.03. The van der Waals surface area contributed by atoms with E-state index < -0.39 is 26.8 Å². The Morgan fingerprint density at radius 3 is 2.42 bits per heavy atom. The van der Waals surface area contributed by atoms with Gasteiger partial charge >= 0.3 is 5.97 Å². The first-order valence-electron chi connectivity index (χ1n) is 8.33. The van der Waals surface area contributed by atoms with Crippen LogP contribution in [-0.2, 0) is 19.6 Å². The molecule has 0 bridgehead atoms. The Morgan fingerprint density at radius 1 is 1.31 bits per heavy atom. The summed E-state index contributed by atoms with van der Waals surface area (Å²) in [5.74, 6) is -2.16. The number of carbonyl (C=O) groups excluding carboxylic acids is 1. The molecule has 2 atom stereocenters. The highest BCUT2D eigenvalue weighted by molar-refractivity contribution is 7.89. The molecule has 2 N–H and O–H groups in total. The quantitative estimate of drug-likeness (QED) is 0.711. The van der Waals surface area contributed by atoms with Crippen LogP contribution in [0.3, 0.4) is 0 Å². The van der Waals surface area contributed by atoms with Crippen LogP contribution in [0.1, 0.15) is 37.2 Å². The van der Waals surface area contributed by atoms with Gasteiger partial charge in [0.15, 0.2) is 0 Å². The van der Waals surface area contributed by atoms with Crippen LogP contribution >= 0.6 is 0 Å². The molecule has 0 radical (unpaired) electrons. The third-order valence-electron chi connectivity index (χ3n) is 4.66. The van der Waals surface area contributed by atoms with Crippen molar-refractivity contribution in [3.8, 4) is 0 Å². The van der Waals surface area contributed by atoms with Crippen molar-refractivity contribution in [3.05, 3.63) is 17.9 Å². The van der Waals surface area contributed by atoms with Crippen LogP contribution < -0.4 is 5.32 Å². The molecule has 1 aromatic heterocycles. The molecule has 0 saturated carbocycles. The van der Waals surface area contributed by atoms with E-state index in [2.05, 4.69) is 5.32 Å². The molecule has 1 aromatic rings. The molecule has 1 saturated heterocycles. The van der Waals surface area contributed by atoms with Crippen molar-refractivity contribution in [1.82, 2.24) is 9.62 Å². The molecule has 10 heteroatoms. The standard InChI is InChI=1S/C16H24N2O7S/c1-10(11(2)24-3)17-15(19)12-6-8-18(9-7-12)26(22,23)14-5-4-13(25-14)16(20)21/h4-5,10-12H,6-9H2,1-3H3,(H,17,19)(H,20,21)/t10-,11?/m0/s1. The maximum Gasteiger partial charge on any atom is 0.371 e. The lowest BCUT2D eigenvalue weighted by molar-refractivity contribution is -0.127. The van der Waals surface area contributed by atoms with E-state index in [-0.39, 0.29) is 37.1 Å². The van der Waals surface area contributed by atoms with Gasteiger partial charge in [0.2, 0.25) is 16.8 Å². The molecule has 26 heavy (non-hydrogen) atoms. The van der Waals surface area contributed by atoms with Crippen molar-refractivity contribution in [2.24, 2.45) is 5.92 Å². The molecule has 1 aliphatic heterocycles. The largest absolute Gasteiger partial charge is 0.475 e. The fourth-order valence-electron chi connectivity index (χ4n) is 2.72. The van der Waals surface area contributed by atoms with Gasteiger partial charge < -0.3 is 19.6 Å². The Labute approximate surface area is 152 Å². The molecule has 1 fully saturated rings. The highest BCUT2D eigenvalue weighted by Crippen LogP contribution is 2.25. The summed E-state index contributed by atoms with van der Waals surface area (Å²) in [4.78, 5) is 23.2. The number of carboxylic acid groups (broad SMARTS) is 1. The maximum absolute atomic E-state index is 12.5. The first kappa shape index (κ1) is 20.4. The van der Waals surface area contributed by atoms with Gasteiger partial charge in [-0.25, -0.2) is 13.2 Å². The van der Waals surface area contributed by atoms with E-state index in [9.17, 15) is 18.0 Å². The number of aromatic carboxylic acids is 1. The summed E-state index contributed by atoms with van der Waals surface area (Å²) in [6.07, 6.45) is 0.638. The van der Waals surface area contributed by atoms with Gasteiger partial charge in [-0.2, -0.15) is 4.31 Å². The van der Waals surface area contributed by atoms with E-state index >= 15 is 0 Å². The maximum atomic E-state index is 12.5. The third kappa shape index (κ3) is 4.43. The first-order valence-corrected chi connectivity index (χ1v) is 9.77. The molecule has 0 aromatic carbocycles. The average molecular weight is 388 g/mol. The smallest absolute Gasteiger partial charge is 0.371 e. The predicted molar refractivity (Wildman–Crippen MR) is 91.2 cm³/mol. The average Bonchev–Trinajstić information content (AvgIpc) is 3.12. The summed E-state index contributed by atoms with van der Waals surface area (Å²) in [5, 5.41) is 11.3. The topological polar surface area (TPSA) is 126 Å². The summed E-state index contributed by atoms with van der Waals surface area (Å²) in [6, 6.07) is 2.09. The molecule has 146 valence electrons. The van der Waals surface area contributed by atoms with Crippen molar-refractivity contribution in [2.45, 2.75) is 43.9 Å². The zero-order valence-electron chi connectivity index (χ0n) is 15.0. The molecule has 1 unspecified atom stereocenters.